The molecule has 1 amide bonds. The van der Waals surface area contributed by atoms with Crippen molar-refractivity contribution in [2.24, 2.45) is 11.8 Å². The van der Waals surface area contributed by atoms with Crippen molar-refractivity contribution in [2.45, 2.75) is 46.5 Å². The first-order valence-corrected chi connectivity index (χ1v) is 9.17. The summed E-state index contributed by atoms with van der Waals surface area (Å²) in [5.74, 6) is -1.98. The van der Waals surface area contributed by atoms with Crippen molar-refractivity contribution in [1.29, 1.82) is 0 Å². The number of ketones is 1. The minimum absolute atomic E-state index is 0.00480. The van der Waals surface area contributed by atoms with E-state index in [1.165, 1.54) is 6.92 Å². The minimum atomic E-state index is -0.905. The Hall–Kier alpha value is -2.15. The van der Waals surface area contributed by atoms with E-state index in [2.05, 4.69) is 10.3 Å². The van der Waals surface area contributed by atoms with Crippen LogP contribution in [-0.4, -0.2) is 47.5 Å². The average Bonchev–Trinajstić information content (AvgIpc) is 2.92. The number of aliphatic carboxylic acids is 1. The van der Waals surface area contributed by atoms with Crippen molar-refractivity contribution >= 4 is 17.7 Å². The number of ether oxygens (including phenoxy) is 1. The van der Waals surface area contributed by atoms with E-state index in [4.69, 9.17) is 4.74 Å². The molecule has 2 heterocycles. The van der Waals surface area contributed by atoms with Gasteiger partial charge in [0.2, 0.25) is 0 Å². The highest BCUT2D eigenvalue weighted by atomic mass is 16.5. The van der Waals surface area contributed by atoms with Gasteiger partial charge in [-0.15, -0.1) is 0 Å². The van der Waals surface area contributed by atoms with Crippen molar-refractivity contribution in [2.75, 3.05) is 19.8 Å². The molecule has 1 aliphatic rings. The van der Waals surface area contributed by atoms with E-state index in [0.29, 0.717) is 55.0 Å². The van der Waals surface area contributed by atoms with Gasteiger partial charge in [-0.2, -0.15) is 0 Å². The molecule has 3 N–H and O–H groups in total. The molecular weight excluding hydrogens is 336 g/mol. The molecule has 0 spiro atoms. The number of carboxylic acid groups (broad SMARTS) is 1. The number of aromatic amines is 1. The zero-order chi connectivity index (χ0) is 19.3. The predicted molar refractivity (Wildman–Crippen MR) is 96.5 cm³/mol. The number of aryl methyl sites for hydroxylation is 1. The smallest absolute Gasteiger partial charge is 0.308 e. The second-order valence-electron chi connectivity index (χ2n) is 6.89. The average molecular weight is 364 g/mol. The second-order valence-corrected chi connectivity index (χ2v) is 6.89. The molecule has 1 fully saturated rings. The summed E-state index contributed by atoms with van der Waals surface area (Å²) in [6.07, 6.45) is 2.79. The lowest BCUT2D eigenvalue weighted by molar-refractivity contribution is -0.144. The maximum absolute atomic E-state index is 12.7. The van der Waals surface area contributed by atoms with Gasteiger partial charge in [-0.3, -0.25) is 14.4 Å². The Kier molecular flexibility index (Phi) is 6.97. The van der Waals surface area contributed by atoms with E-state index < -0.39 is 11.9 Å². The molecule has 26 heavy (non-hydrogen) atoms. The van der Waals surface area contributed by atoms with Gasteiger partial charge in [0.15, 0.2) is 5.78 Å². The molecule has 1 aliphatic heterocycles. The van der Waals surface area contributed by atoms with Gasteiger partial charge in [0.05, 0.1) is 5.92 Å². The highest BCUT2D eigenvalue weighted by Gasteiger charge is 2.31. The van der Waals surface area contributed by atoms with Crippen LogP contribution in [0.3, 0.4) is 0 Å². The highest BCUT2D eigenvalue weighted by Crippen LogP contribution is 2.25. The number of carbonyl (C=O) groups is 3. The van der Waals surface area contributed by atoms with Gasteiger partial charge in [-0.25, -0.2) is 0 Å². The molecule has 0 radical (unpaired) electrons. The number of amides is 1. The van der Waals surface area contributed by atoms with Crippen LogP contribution in [0.2, 0.25) is 0 Å². The summed E-state index contributed by atoms with van der Waals surface area (Å²) >= 11 is 0. The molecule has 7 heteroatoms. The van der Waals surface area contributed by atoms with Gasteiger partial charge in [0.1, 0.15) is 5.69 Å². The number of hydrogen-bond donors (Lipinski definition) is 3. The van der Waals surface area contributed by atoms with Gasteiger partial charge in [0.25, 0.3) is 5.91 Å². The number of carboxylic acids is 1. The van der Waals surface area contributed by atoms with Gasteiger partial charge in [-0.1, -0.05) is 13.3 Å². The van der Waals surface area contributed by atoms with Gasteiger partial charge in [-0.05, 0) is 44.6 Å². The fourth-order valence-electron chi connectivity index (χ4n) is 3.71. The lowest BCUT2D eigenvalue weighted by Crippen LogP contribution is -2.39. The van der Waals surface area contributed by atoms with Crippen LogP contribution in [0.25, 0.3) is 0 Å². The molecule has 0 bridgehead atoms. The molecular formula is C19H28N2O5. The Labute approximate surface area is 153 Å². The van der Waals surface area contributed by atoms with E-state index in [1.807, 2.05) is 6.92 Å². The number of Topliss-reactive ketones (excluding diaryl/α,β-unsaturated/α-hetero) is 1. The summed E-state index contributed by atoms with van der Waals surface area (Å²) in [5.41, 5.74) is 2.32. The normalized spacial score (nSPS) is 16.3. The number of hydrogen-bond acceptors (Lipinski definition) is 4. The van der Waals surface area contributed by atoms with Crippen molar-refractivity contribution in [3.63, 3.8) is 0 Å². The Morgan fingerprint density at radius 1 is 1.31 bits per heavy atom. The first kappa shape index (κ1) is 20.2. The zero-order valence-electron chi connectivity index (χ0n) is 15.7. The molecule has 0 aliphatic carbocycles. The Morgan fingerprint density at radius 3 is 2.50 bits per heavy atom. The van der Waals surface area contributed by atoms with E-state index in [1.54, 1.807) is 6.92 Å². The first-order valence-electron chi connectivity index (χ1n) is 9.17. The highest BCUT2D eigenvalue weighted by molar-refractivity contribution is 6.02. The van der Waals surface area contributed by atoms with E-state index >= 15 is 0 Å². The minimum Gasteiger partial charge on any atom is -0.481 e. The van der Waals surface area contributed by atoms with Crippen molar-refractivity contribution in [1.82, 2.24) is 10.3 Å². The van der Waals surface area contributed by atoms with E-state index in [0.717, 1.165) is 6.42 Å². The summed E-state index contributed by atoms with van der Waals surface area (Å²) < 4.78 is 5.29. The van der Waals surface area contributed by atoms with Crippen LogP contribution in [0.5, 0.6) is 0 Å². The van der Waals surface area contributed by atoms with E-state index in [-0.39, 0.29) is 24.2 Å². The Bertz CT molecular complexity index is 674. The van der Waals surface area contributed by atoms with Crippen LogP contribution in [0.15, 0.2) is 0 Å². The van der Waals surface area contributed by atoms with Gasteiger partial charge < -0.3 is 20.1 Å². The molecule has 2 rings (SSSR count). The van der Waals surface area contributed by atoms with E-state index in [9.17, 15) is 19.5 Å². The van der Waals surface area contributed by atoms with Crippen LogP contribution in [0, 0.1) is 18.8 Å². The SMILES string of the molecule is CCCc1c(C(=O)NCC(C(=O)O)C2CCOCC2)[nH]c(C)c1C(C)=O. The molecule has 1 saturated heterocycles. The van der Waals surface area contributed by atoms with Crippen LogP contribution >= 0.6 is 0 Å². The molecule has 1 unspecified atom stereocenters. The number of carbonyl (C=O) groups excluding carboxylic acids is 2. The maximum Gasteiger partial charge on any atom is 0.308 e. The molecule has 0 aromatic carbocycles. The van der Waals surface area contributed by atoms with Crippen molar-refractivity contribution in [3.05, 3.63) is 22.5 Å². The first-order chi connectivity index (χ1) is 12.4. The standard InChI is InChI=1S/C19H28N2O5/c1-4-5-14-16(12(3)22)11(2)21-17(14)18(23)20-10-15(19(24)25)13-6-8-26-9-7-13/h13,15,21H,4-10H2,1-3H3,(H,20,23)(H,24,25). The molecule has 1 atom stereocenters. The summed E-state index contributed by atoms with van der Waals surface area (Å²) in [6.45, 7) is 6.43. The zero-order valence-corrected chi connectivity index (χ0v) is 15.7. The molecule has 7 nitrogen and oxygen atoms in total. The summed E-state index contributed by atoms with van der Waals surface area (Å²) in [5, 5.41) is 12.3. The topological polar surface area (TPSA) is 108 Å². The number of H-pyrrole nitrogens is 1. The van der Waals surface area contributed by atoms with Crippen LogP contribution in [0.4, 0.5) is 0 Å². The second kappa shape index (κ2) is 8.98. The van der Waals surface area contributed by atoms with Crippen LogP contribution < -0.4 is 5.32 Å². The third kappa shape index (κ3) is 4.52. The lowest BCUT2D eigenvalue weighted by Gasteiger charge is -2.27. The van der Waals surface area contributed by atoms with Crippen molar-refractivity contribution in [3.8, 4) is 0 Å². The summed E-state index contributed by atoms with van der Waals surface area (Å²) in [7, 11) is 0. The monoisotopic (exact) mass is 364 g/mol. The number of rotatable bonds is 8. The van der Waals surface area contributed by atoms with Crippen LogP contribution in [-0.2, 0) is 16.0 Å². The molecule has 0 saturated carbocycles. The summed E-state index contributed by atoms with van der Waals surface area (Å²) in [6, 6.07) is 0. The maximum atomic E-state index is 12.7. The molecule has 1 aromatic heterocycles. The predicted octanol–water partition coefficient (Wildman–Crippen LogP) is 2.34. The lowest BCUT2D eigenvalue weighted by atomic mass is 9.86. The quantitative estimate of drug-likeness (QED) is 0.614. The molecule has 144 valence electrons. The van der Waals surface area contributed by atoms with Gasteiger partial charge in [0, 0.05) is 31.0 Å². The number of aromatic nitrogens is 1. The largest absolute Gasteiger partial charge is 0.481 e. The Morgan fingerprint density at radius 2 is 1.96 bits per heavy atom. The van der Waals surface area contributed by atoms with Gasteiger partial charge >= 0.3 is 5.97 Å². The number of nitrogens with one attached hydrogen (secondary N) is 2. The molecule has 1 aromatic rings. The third-order valence-corrected chi connectivity index (χ3v) is 5.00. The fourth-order valence-corrected chi connectivity index (χ4v) is 3.71. The Balaban J connectivity index is 2.14. The van der Waals surface area contributed by atoms with Crippen molar-refractivity contribution < 1.29 is 24.2 Å². The third-order valence-electron chi connectivity index (χ3n) is 5.00. The fraction of sp³-hybridized carbons (Fsp3) is 0.632. The summed E-state index contributed by atoms with van der Waals surface area (Å²) in [4.78, 5) is 39.2. The van der Waals surface area contributed by atoms with Crippen LogP contribution in [0.1, 0.15) is 65.2 Å².